The maximum absolute atomic E-state index is 12.6. The number of aromatic nitrogens is 2. The maximum Gasteiger partial charge on any atom is 0.354 e. The summed E-state index contributed by atoms with van der Waals surface area (Å²) in [5, 5.41) is 9.09. The molecule has 2 N–H and O–H groups in total. The van der Waals surface area contributed by atoms with Crippen molar-refractivity contribution in [2.45, 2.75) is 18.9 Å². The number of carboxylic acid groups (broad SMARTS) is 1. The molecule has 0 bridgehead atoms. The number of carboxylic acids is 1. The predicted molar refractivity (Wildman–Crippen MR) is 75.0 cm³/mol. The van der Waals surface area contributed by atoms with Gasteiger partial charge in [0, 0.05) is 6.54 Å². The van der Waals surface area contributed by atoms with Gasteiger partial charge in [0.1, 0.15) is 0 Å². The zero-order chi connectivity index (χ0) is 14.8. The Morgan fingerprint density at radius 1 is 1.29 bits per heavy atom. The monoisotopic (exact) mass is 285 g/mol. The minimum Gasteiger partial charge on any atom is -0.477 e. The molecule has 1 atom stereocenters. The number of hydrogen-bond donors (Lipinski definition) is 2. The number of hydrogen-bond acceptors (Lipinski definition) is 3. The first-order chi connectivity index (χ1) is 10.2. The maximum atomic E-state index is 12.6. The van der Waals surface area contributed by atoms with Crippen LogP contribution < -0.4 is 0 Å². The van der Waals surface area contributed by atoms with E-state index in [-0.39, 0.29) is 23.3 Å². The summed E-state index contributed by atoms with van der Waals surface area (Å²) in [5.74, 6) is -1.51. The summed E-state index contributed by atoms with van der Waals surface area (Å²) in [6.07, 6.45) is 3.02. The molecule has 21 heavy (non-hydrogen) atoms. The first kappa shape index (κ1) is 13.4. The lowest BCUT2D eigenvalue weighted by atomic mass is 10.0. The molecule has 2 heterocycles. The highest BCUT2D eigenvalue weighted by Gasteiger charge is 2.33. The van der Waals surface area contributed by atoms with Crippen molar-refractivity contribution in [2.24, 2.45) is 0 Å². The number of rotatable bonds is 3. The number of nitrogens with one attached hydrogen (secondary N) is 1. The third-order valence-electron chi connectivity index (χ3n) is 3.75. The quantitative estimate of drug-likeness (QED) is 0.904. The summed E-state index contributed by atoms with van der Waals surface area (Å²) < 4.78 is 0. The molecule has 1 aliphatic rings. The van der Waals surface area contributed by atoms with E-state index in [9.17, 15) is 9.59 Å². The van der Waals surface area contributed by atoms with Crippen molar-refractivity contribution in [2.75, 3.05) is 6.54 Å². The number of imidazole rings is 1. The number of aromatic amines is 1. The minimum absolute atomic E-state index is 0.0166. The van der Waals surface area contributed by atoms with Gasteiger partial charge in [-0.05, 0) is 18.4 Å². The van der Waals surface area contributed by atoms with Crippen LogP contribution in [-0.4, -0.2) is 38.4 Å². The molecule has 6 nitrogen and oxygen atoms in total. The first-order valence-corrected chi connectivity index (χ1v) is 6.81. The van der Waals surface area contributed by atoms with Crippen LogP contribution in [-0.2, 0) is 0 Å². The van der Waals surface area contributed by atoms with Crippen LogP contribution in [0.15, 0.2) is 36.7 Å². The average Bonchev–Trinajstić information content (AvgIpc) is 3.16. The molecule has 0 radical (unpaired) electrons. The molecule has 0 aliphatic carbocycles. The molecule has 1 amide bonds. The van der Waals surface area contributed by atoms with Gasteiger partial charge in [-0.25, -0.2) is 9.78 Å². The van der Waals surface area contributed by atoms with Crippen LogP contribution in [0.3, 0.4) is 0 Å². The average molecular weight is 285 g/mol. The van der Waals surface area contributed by atoms with Gasteiger partial charge in [0.05, 0.1) is 12.4 Å². The highest BCUT2D eigenvalue weighted by atomic mass is 16.4. The van der Waals surface area contributed by atoms with Crippen LogP contribution in [0.25, 0.3) is 0 Å². The molecule has 1 aromatic heterocycles. The zero-order valence-electron chi connectivity index (χ0n) is 11.3. The first-order valence-electron chi connectivity index (χ1n) is 6.81. The van der Waals surface area contributed by atoms with Crippen molar-refractivity contribution in [3.63, 3.8) is 0 Å². The topological polar surface area (TPSA) is 86.3 Å². The predicted octanol–water partition coefficient (Wildman–Crippen LogP) is 2.09. The van der Waals surface area contributed by atoms with Crippen molar-refractivity contribution in [3.05, 3.63) is 53.6 Å². The van der Waals surface area contributed by atoms with E-state index in [0.717, 1.165) is 18.4 Å². The standard InChI is InChI=1S/C15H15N3O3/c19-14(12-13(15(20)21)17-9-16-12)18-8-4-7-11(18)10-5-2-1-3-6-10/h1-3,5-6,9,11H,4,7-8H2,(H,16,17)(H,20,21). The molecule has 6 heteroatoms. The highest BCUT2D eigenvalue weighted by Crippen LogP contribution is 2.32. The van der Waals surface area contributed by atoms with Crippen molar-refractivity contribution in [1.29, 1.82) is 0 Å². The third kappa shape index (κ3) is 2.40. The second-order valence-corrected chi connectivity index (χ2v) is 5.00. The van der Waals surface area contributed by atoms with Gasteiger partial charge in [-0.1, -0.05) is 30.3 Å². The van der Waals surface area contributed by atoms with E-state index >= 15 is 0 Å². The van der Waals surface area contributed by atoms with Gasteiger partial charge in [-0.15, -0.1) is 0 Å². The third-order valence-corrected chi connectivity index (χ3v) is 3.75. The van der Waals surface area contributed by atoms with Crippen molar-refractivity contribution >= 4 is 11.9 Å². The molecular formula is C15H15N3O3. The number of H-pyrrole nitrogens is 1. The Morgan fingerprint density at radius 3 is 2.76 bits per heavy atom. The lowest BCUT2D eigenvalue weighted by Gasteiger charge is -2.24. The van der Waals surface area contributed by atoms with Crippen LogP contribution in [0, 0.1) is 0 Å². The summed E-state index contributed by atoms with van der Waals surface area (Å²) in [6.45, 7) is 0.615. The fourth-order valence-corrected chi connectivity index (χ4v) is 2.79. The van der Waals surface area contributed by atoms with Gasteiger partial charge in [0.15, 0.2) is 11.4 Å². The van der Waals surface area contributed by atoms with Crippen LogP contribution in [0.2, 0.25) is 0 Å². The van der Waals surface area contributed by atoms with Gasteiger partial charge in [-0.2, -0.15) is 0 Å². The fourth-order valence-electron chi connectivity index (χ4n) is 2.79. The van der Waals surface area contributed by atoms with Crippen LogP contribution >= 0.6 is 0 Å². The van der Waals surface area contributed by atoms with Crippen molar-refractivity contribution in [1.82, 2.24) is 14.9 Å². The van der Waals surface area contributed by atoms with E-state index in [1.54, 1.807) is 4.90 Å². The van der Waals surface area contributed by atoms with E-state index in [4.69, 9.17) is 5.11 Å². The van der Waals surface area contributed by atoms with Gasteiger partial charge in [0.25, 0.3) is 5.91 Å². The van der Waals surface area contributed by atoms with Crippen LogP contribution in [0.5, 0.6) is 0 Å². The van der Waals surface area contributed by atoms with Crippen molar-refractivity contribution in [3.8, 4) is 0 Å². The Hall–Kier alpha value is -2.63. The Balaban J connectivity index is 1.90. The van der Waals surface area contributed by atoms with E-state index in [1.807, 2.05) is 30.3 Å². The van der Waals surface area contributed by atoms with Gasteiger partial charge >= 0.3 is 5.97 Å². The molecule has 0 spiro atoms. The number of likely N-dealkylation sites (tertiary alicyclic amines) is 1. The van der Waals surface area contributed by atoms with Crippen LogP contribution in [0.1, 0.15) is 45.4 Å². The number of carbonyl (C=O) groups excluding carboxylic acids is 1. The summed E-state index contributed by atoms with van der Waals surface area (Å²) in [7, 11) is 0. The largest absolute Gasteiger partial charge is 0.477 e. The summed E-state index contributed by atoms with van der Waals surface area (Å²) in [6, 6.07) is 9.76. The summed E-state index contributed by atoms with van der Waals surface area (Å²) >= 11 is 0. The summed E-state index contributed by atoms with van der Waals surface area (Å²) in [5.41, 5.74) is 0.889. The zero-order valence-corrected chi connectivity index (χ0v) is 11.3. The Bertz CT molecular complexity index is 666. The molecule has 1 aliphatic heterocycles. The number of aromatic carboxylic acids is 1. The van der Waals surface area contributed by atoms with E-state index < -0.39 is 5.97 Å². The normalized spacial score (nSPS) is 17.9. The molecular weight excluding hydrogens is 270 g/mol. The molecule has 1 fully saturated rings. The molecule has 1 saturated heterocycles. The number of amides is 1. The lowest BCUT2D eigenvalue weighted by Crippen LogP contribution is -2.32. The Labute approximate surface area is 121 Å². The fraction of sp³-hybridized carbons (Fsp3) is 0.267. The second kappa shape index (κ2) is 5.40. The van der Waals surface area contributed by atoms with E-state index in [2.05, 4.69) is 9.97 Å². The molecule has 1 unspecified atom stereocenters. The summed E-state index contributed by atoms with van der Waals surface area (Å²) in [4.78, 5) is 31.8. The molecule has 2 aromatic rings. The number of benzene rings is 1. The molecule has 1 aromatic carbocycles. The lowest BCUT2D eigenvalue weighted by molar-refractivity contribution is 0.0663. The second-order valence-electron chi connectivity index (χ2n) is 5.00. The Morgan fingerprint density at radius 2 is 2.05 bits per heavy atom. The Kier molecular flexibility index (Phi) is 3.43. The number of carbonyl (C=O) groups is 2. The van der Waals surface area contributed by atoms with E-state index in [0.29, 0.717) is 6.54 Å². The minimum atomic E-state index is -1.17. The highest BCUT2D eigenvalue weighted by molar-refractivity contribution is 6.02. The smallest absolute Gasteiger partial charge is 0.354 e. The van der Waals surface area contributed by atoms with Crippen molar-refractivity contribution < 1.29 is 14.7 Å². The van der Waals surface area contributed by atoms with Crippen LogP contribution in [0.4, 0.5) is 0 Å². The van der Waals surface area contributed by atoms with Gasteiger partial charge in [-0.3, -0.25) is 4.79 Å². The molecule has 108 valence electrons. The van der Waals surface area contributed by atoms with Gasteiger partial charge < -0.3 is 15.0 Å². The van der Waals surface area contributed by atoms with E-state index in [1.165, 1.54) is 6.33 Å². The molecule has 0 saturated carbocycles. The van der Waals surface area contributed by atoms with Gasteiger partial charge in [0.2, 0.25) is 0 Å². The SMILES string of the molecule is O=C(O)c1[nH]cnc1C(=O)N1CCCC1c1ccccc1. The molecule has 3 rings (SSSR count). The number of nitrogens with zero attached hydrogens (tertiary/aromatic N) is 2.